The van der Waals surface area contributed by atoms with Gasteiger partial charge in [0.1, 0.15) is 0 Å². The largest absolute Gasteiger partial charge is 0.340 e. The van der Waals surface area contributed by atoms with Gasteiger partial charge >= 0.3 is 0 Å². The van der Waals surface area contributed by atoms with Crippen LogP contribution in [0.15, 0.2) is 12.1 Å². The summed E-state index contributed by atoms with van der Waals surface area (Å²) in [6.07, 6.45) is 1.07. The lowest BCUT2D eigenvalue weighted by Gasteiger charge is -2.33. The third-order valence-electron chi connectivity index (χ3n) is 3.17. The number of nitrogens with zero attached hydrogens (tertiary/aromatic N) is 2. The monoisotopic (exact) mass is 337 g/mol. The number of amides is 1. The number of nitrogens with two attached hydrogens (primary N) is 1. The maximum atomic E-state index is 12.0. The topological polar surface area (TPSA) is 83.7 Å². The molecule has 1 saturated heterocycles. The SMILES string of the molecule is NS(=O)(=O)N1CCN(C(=O)CCc2ccc(Cl)s2)CC1. The third-order valence-corrected chi connectivity index (χ3v) is 5.54. The summed E-state index contributed by atoms with van der Waals surface area (Å²) in [6, 6.07) is 3.73. The van der Waals surface area contributed by atoms with E-state index in [1.54, 1.807) is 4.90 Å². The van der Waals surface area contributed by atoms with Crippen LogP contribution in [-0.4, -0.2) is 49.7 Å². The van der Waals surface area contributed by atoms with Crippen LogP contribution >= 0.6 is 22.9 Å². The van der Waals surface area contributed by atoms with E-state index in [0.717, 1.165) is 4.88 Å². The highest BCUT2D eigenvalue weighted by molar-refractivity contribution is 7.86. The van der Waals surface area contributed by atoms with Gasteiger partial charge in [-0.1, -0.05) is 11.6 Å². The highest BCUT2D eigenvalue weighted by Crippen LogP contribution is 2.22. The summed E-state index contributed by atoms with van der Waals surface area (Å²) in [6.45, 7) is 1.30. The first kappa shape index (κ1) is 15.7. The number of carbonyl (C=O) groups is 1. The van der Waals surface area contributed by atoms with Gasteiger partial charge in [0.25, 0.3) is 10.2 Å². The molecule has 1 amide bonds. The van der Waals surface area contributed by atoms with Gasteiger partial charge in [0.2, 0.25) is 5.91 Å². The molecule has 6 nitrogen and oxygen atoms in total. The minimum absolute atomic E-state index is 0.0311. The summed E-state index contributed by atoms with van der Waals surface area (Å²) in [7, 11) is -3.65. The third kappa shape index (κ3) is 4.16. The maximum Gasteiger partial charge on any atom is 0.277 e. The molecule has 0 aliphatic carbocycles. The lowest BCUT2D eigenvalue weighted by molar-refractivity contribution is -0.132. The second-order valence-corrected chi connectivity index (χ2v) is 7.88. The number of piperazine rings is 1. The van der Waals surface area contributed by atoms with Gasteiger partial charge in [-0.3, -0.25) is 4.79 Å². The Morgan fingerprint density at radius 2 is 1.95 bits per heavy atom. The molecule has 0 saturated carbocycles. The Morgan fingerprint density at radius 1 is 1.30 bits per heavy atom. The lowest BCUT2D eigenvalue weighted by atomic mass is 10.2. The van der Waals surface area contributed by atoms with Crippen molar-refractivity contribution in [2.24, 2.45) is 5.14 Å². The van der Waals surface area contributed by atoms with Crippen LogP contribution in [0, 0.1) is 0 Å². The second kappa shape index (κ2) is 6.40. The molecular formula is C11H16ClN3O3S2. The van der Waals surface area contributed by atoms with Crippen molar-refractivity contribution in [1.29, 1.82) is 0 Å². The molecule has 0 unspecified atom stereocenters. The predicted molar refractivity (Wildman–Crippen MR) is 78.9 cm³/mol. The summed E-state index contributed by atoms with van der Waals surface area (Å²) in [5, 5.41) is 5.05. The van der Waals surface area contributed by atoms with E-state index in [1.807, 2.05) is 12.1 Å². The molecule has 1 aliphatic rings. The summed E-state index contributed by atoms with van der Waals surface area (Å²) in [5.41, 5.74) is 0. The van der Waals surface area contributed by atoms with Crippen LogP contribution in [0.4, 0.5) is 0 Å². The molecule has 9 heteroatoms. The predicted octanol–water partition coefficient (Wildman–Crippen LogP) is 0.682. The van der Waals surface area contributed by atoms with Gasteiger partial charge in [0.15, 0.2) is 0 Å². The van der Waals surface area contributed by atoms with E-state index >= 15 is 0 Å². The zero-order valence-corrected chi connectivity index (χ0v) is 13.2. The number of halogens is 1. The van der Waals surface area contributed by atoms with Gasteiger partial charge in [-0.15, -0.1) is 11.3 Å². The van der Waals surface area contributed by atoms with Crippen molar-refractivity contribution >= 4 is 39.1 Å². The molecule has 0 spiro atoms. The van der Waals surface area contributed by atoms with Crippen LogP contribution in [0.3, 0.4) is 0 Å². The normalized spacial score (nSPS) is 17.4. The van der Waals surface area contributed by atoms with Crippen LogP contribution in [0.5, 0.6) is 0 Å². The van der Waals surface area contributed by atoms with Crippen LogP contribution < -0.4 is 5.14 Å². The smallest absolute Gasteiger partial charge is 0.277 e. The van der Waals surface area contributed by atoms with Crippen molar-refractivity contribution in [2.75, 3.05) is 26.2 Å². The molecule has 2 rings (SSSR count). The number of hydrogen-bond donors (Lipinski definition) is 1. The van der Waals surface area contributed by atoms with E-state index < -0.39 is 10.2 Å². The first-order valence-electron chi connectivity index (χ1n) is 6.16. The summed E-state index contributed by atoms with van der Waals surface area (Å²) < 4.78 is 24.2. The van der Waals surface area contributed by atoms with Crippen LogP contribution in [0.2, 0.25) is 4.34 Å². The van der Waals surface area contributed by atoms with Crippen LogP contribution in [0.25, 0.3) is 0 Å². The fourth-order valence-electron chi connectivity index (χ4n) is 2.07. The van der Waals surface area contributed by atoms with Crippen molar-refractivity contribution in [1.82, 2.24) is 9.21 Å². The first-order valence-corrected chi connectivity index (χ1v) is 8.86. The van der Waals surface area contributed by atoms with Crippen LogP contribution in [-0.2, 0) is 21.4 Å². The van der Waals surface area contributed by atoms with Gasteiger partial charge in [-0.25, -0.2) is 5.14 Å². The Hall–Kier alpha value is -0.670. The van der Waals surface area contributed by atoms with E-state index in [2.05, 4.69) is 0 Å². The number of thiophene rings is 1. The molecule has 1 aromatic rings. The fraction of sp³-hybridized carbons (Fsp3) is 0.545. The Balaban J connectivity index is 1.80. The molecule has 20 heavy (non-hydrogen) atoms. The average molecular weight is 338 g/mol. The Labute approximate surface area is 127 Å². The molecule has 2 N–H and O–H groups in total. The number of aryl methyl sites for hydroxylation is 1. The Morgan fingerprint density at radius 3 is 2.45 bits per heavy atom. The number of rotatable bonds is 4. The molecule has 1 fully saturated rings. The minimum atomic E-state index is -3.65. The van der Waals surface area contributed by atoms with Crippen LogP contribution in [0.1, 0.15) is 11.3 Å². The van der Waals surface area contributed by atoms with Gasteiger partial charge in [-0.05, 0) is 18.6 Å². The van der Waals surface area contributed by atoms with Crippen molar-refractivity contribution in [3.05, 3.63) is 21.3 Å². The quantitative estimate of drug-likeness (QED) is 0.877. The van der Waals surface area contributed by atoms with Crippen molar-refractivity contribution in [3.63, 3.8) is 0 Å². The van der Waals surface area contributed by atoms with E-state index in [9.17, 15) is 13.2 Å². The van der Waals surface area contributed by atoms with Crippen molar-refractivity contribution < 1.29 is 13.2 Å². The molecule has 112 valence electrons. The molecule has 0 atom stereocenters. The van der Waals surface area contributed by atoms with Gasteiger partial charge in [0, 0.05) is 37.5 Å². The Bertz CT molecular complexity index is 579. The lowest BCUT2D eigenvalue weighted by Crippen LogP contribution is -2.52. The molecule has 0 radical (unpaired) electrons. The van der Waals surface area contributed by atoms with E-state index in [-0.39, 0.29) is 19.0 Å². The van der Waals surface area contributed by atoms with Crippen molar-refractivity contribution in [3.8, 4) is 0 Å². The van der Waals surface area contributed by atoms with Gasteiger partial charge < -0.3 is 4.90 Å². The zero-order valence-electron chi connectivity index (χ0n) is 10.8. The molecule has 0 bridgehead atoms. The second-order valence-electron chi connectivity index (χ2n) is 4.53. The highest BCUT2D eigenvalue weighted by Gasteiger charge is 2.26. The maximum absolute atomic E-state index is 12.0. The zero-order chi connectivity index (χ0) is 14.8. The number of carbonyl (C=O) groups excluding carboxylic acids is 1. The van der Waals surface area contributed by atoms with E-state index in [0.29, 0.717) is 30.3 Å². The van der Waals surface area contributed by atoms with E-state index in [4.69, 9.17) is 16.7 Å². The first-order chi connectivity index (χ1) is 9.36. The fourth-order valence-corrected chi connectivity index (χ4v) is 3.83. The average Bonchev–Trinajstić information content (AvgIpc) is 2.81. The van der Waals surface area contributed by atoms with Gasteiger partial charge in [-0.2, -0.15) is 12.7 Å². The van der Waals surface area contributed by atoms with E-state index in [1.165, 1.54) is 15.6 Å². The minimum Gasteiger partial charge on any atom is -0.340 e. The highest BCUT2D eigenvalue weighted by atomic mass is 35.5. The summed E-state index contributed by atoms with van der Waals surface area (Å²) in [5.74, 6) is 0.0311. The molecule has 2 heterocycles. The van der Waals surface area contributed by atoms with Gasteiger partial charge in [0.05, 0.1) is 4.34 Å². The molecule has 1 aromatic heterocycles. The van der Waals surface area contributed by atoms with Crippen molar-refractivity contribution in [2.45, 2.75) is 12.8 Å². The summed E-state index contributed by atoms with van der Waals surface area (Å²) >= 11 is 7.30. The molecule has 1 aliphatic heterocycles. The standard InChI is InChI=1S/C11H16ClN3O3S2/c12-10-3-1-9(19-10)2-4-11(16)14-5-7-15(8-6-14)20(13,17)18/h1,3H,2,4-8H2,(H2,13,17,18). The summed E-state index contributed by atoms with van der Waals surface area (Å²) in [4.78, 5) is 14.8. The number of hydrogen-bond acceptors (Lipinski definition) is 4. The Kier molecular flexibility index (Phi) is 5.03. The molecule has 0 aromatic carbocycles. The molecular weight excluding hydrogens is 322 g/mol.